The lowest BCUT2D eigenvalue weighted by atomic mass is 10.4. The molecule has 1 N–H and O–H groups in total. The first kappa shape index (κ1) is 11.2. The van der Waals surface area contributed by atoms with Crippen LogP contribution in [0.2, 0.25) is 0 Å². The fourth-order valence-electron chi connectivity index (χ4n) is 2.57. The van der Waals surface area contributed by atoms with E-state index >= 15 is 0 Å². The molecule has 1 aliphatic heterocycles. The van der Waals surface area contributed by atoms with Gasteiger partial charge in [-0.05, 0) is 0 Å². The zero-order valence-electron chi connectivity index (χ0n) is 10.9. The van der Waals surface area contributed by atoms with E-state index in [-0.39, 0.29) is 5.56 Å². The molecule has 3 aromatic rings. The summed E-state index contributed by atoms with van der Waals surface area (Å²) in [5.41, 5.74) is 0.451. The minimum absolute atomic E-state index is 0.152. The summed E-state index contributed by atoms with van der Waals surface area (Å²) in [6, 6.07) is 0. The van der Waals surface area contributed by atoms with Crippen LogP contribution in [0, 0.1) is 0 Å². The zero-order valence-corrected chi connectivity index (χ0v) is 10.9. The van der Waals surface area contributed by atoms with Gasteiger partial charge in [-0.1, -0.05) is 0 Å². The van der Waals surface area contributed by atoms with E-state index in [9.17, 15) is 4.79 Å². The van der Waals surface area contributed by atoms with Crippen LogP contribution in [-0.4, -0.2) is 35.8 Å². The number of nitrogens with zero attached hydrogens (tertiary/aromatic N) is 6. The van der Waals surface area contributed by atoms with Crippen molar-refractivity contribution in [2.75, 3.05) is 11.4 Å². The Morgan fingerprint density at radius 2 is 2.30 bits per heavy atom. The summed E-state index contributed by atoms with van der Waals surface area (Å²) < 4.78 is 3.69. The maximum absolute atomic E-state index is 12.0. The molecular formula is C12H13N7O. The summed E-state index contributed by atoms with van der Waals surface area (Å²) in [4.78, 5) is 25.7. The Balaban J connectivity index is 1.73. The van der Waals surface area contributed by atoms with Crippen molar-refractivity contribution in [3.8, 4) is 0 Å². The highest BCUT2D eigenvalue weighted by atomic mass is 16.1. The number of H-pyrrole nitrogens is 1. The lowest BCUT2D eigenvalue weighted by Gasteiger charge is -2.14. The second-order valence-corrected chi connectivity index (χ2v) is 4.86. The van der Waals surface area contributed by atoms with Crippen molar-refractivity contribution in [1.29, 1.82) is 0 Å². The number of imidazole rings is 1. The van der Waals surface area contributed by atoms with Gasteiger partial charge >= 0.3 is 0 Å². The van der Waals surface area contributed by atoms with Gasteiger partial charge in [0.05, 0.1) is 12.7 Å². The standard InChI is InChI=1S/C12H13N7O/c1-17-10-8(6-14-17)11(20)16-9(15-10)7-19-5-4-18-3-2-13-12(18)19/h2-3,6H,4-5,7H2,1H3,(H,15,16,20). The molecule has 0 spiro atoms. The molecule has 0 aliphatic carbocycles. The van der Waals surface area contributed by atoms with E-state index in [1.165, 1.54) is 6.20 Å². The second-order valence-electron chi connectivity index (χ2n) is 4.86. The molecule has 0 bridgehead atoms. The van der Waals surface area contributed by atoms with Gasteiger partial charge in [0, 0.05) is 32.5 Å². The molecule has 8 nitrogen and oxygen atoms in total. The molecule has 1 aliphatic rings. The Bertz CT molecular complexity index is 843. The molecule has 3 aromatic heterocycles. The minimum Gasteiger partial charge on any atom is -0.333 e. The lowest BCUT2D eigenvalue weighted by Crippen LogP contribution is -2.24. The normalized spacial score (nSPS) is 14.2. The molecule has 0 atom stereocenters. The molecule has 0 radical (unpaired) electrons. The maximum Gasteiger partial charge on any atom is 0.262 e. The number of nitrogens with one attached hydrogen (secondary N) is 1. The predicted molar refractivity (Wildman–Crippen MR) is 72.4 cm³/mol. The third-order valence-electron chi connectivity index (χ3n) is 3.58. The number of anilines is 1. The van der Waals surface area contributed by atoms with Gasteiger partial charge in [-0.15, -0.1) is 0 Å². The molecule has 0 saturated heterocycles. The van der Waals surface area contributed by atoms with Crippen LogP contribution < -0.4 is 10.5 Å². The van der Waals surface area contributed by atoms with Crippen molar-refractivity contribution in [1.82, 2.24) is 29.3 Å². The van der Waals surface area contributed by atoms with Crippen LogP contribution in [0.4, 0.5) is 5.95 Å². The van der Waals surface area contributed by atoms with Gasteiger partial charge in [0.25, 0.3) is 5.56 Å². The first-order valence-electron chi connectivity index (χ1n) is 6.39. The topological polar surface area (TPSA) is 84.6 Å². The zero-order chi connectivity index (χ0) is 13.7. The average Bonchev–Trinajstić information content (AvgIpc) is 3.09. The van der Waals surface area contributed by atoms with E-state index in [1.54, 1.807) is 17.9 Å². The summed E-state index contributed by atoms with van der Waals surface area (Å²) in [6.07, 6.45) is 5.27. The van der Waals surface area contributed by atoms with E-state index in [1.807, 2.05) is 6.20 Å². The van der Waals surface area contributed by atoms with Crippen molar-refractivity contribution in [3.63, 3.8) is 0 Å². The van der Waals surface area contributed by atoms with Gasteiger partial charge in [0.1, 0.15) is 11.2 Å². The molecule has 102 valence electrons. The highest BCUT2D eigenvalue weighted by molar-refractivity contribution is 5.72. The third kappa shape index (κ3) is 1.54. The van der Waals surface area contributed by atoms with Crippen LogP contribution in [0.5, 0.6) is 0 Å². The summed E-state index contributed by atoms with van der Waals surface area (Å²) >= 11 is 0. The molecule has 4 heterocycles. The van der Waals surface area contributed by atoms with Crippen molar-refractivity contribution in [2.24, 2.45) is 7.05 Å². The van der Waals surface area contributed by atoms with Gasteiger partial charge in [0.2, 0.25) is 5.95 Å². The number of hydrogen-bond donors (Lipinski definition) is 1. The fourth-order valence-corrected chi connectivity index (χ4v) is 2.57. The van der Waals surface area contributed by atoms with Crippen molar-refractivity contribution < 1.29 is 0 Å². The molecule has 0 aromatic carbocycles. The van der Waals surface area contributed by atoms with E-state index in [4.69, 9.17) is 0 Å². The molecule has 20 heavy (non-hydrogen) atoms. The van der Waals surface area contributed by atoms with Crippen LogP contribution in [0.25, 0.3) is 11.0 Å². The number of aryl methyl sites for hydroxylation is 1. The van der Waals surface area contributed by atoms with Gasteiger partial charge in [0.15, 0.2) is 5.65 Å². The van der Waals surface area contributed by atoms with Crippen LogP contribution in [0.15, 0.2) is 23.4 Å². The van der Waals surface area contributed by atoms with Gasteiger partial charge in [-0.2, -0.15) is 5.10 Å². The summed E-state index contributed by atoms with van der Waals surface area (Å²) in [7, 11) is 1.78. The molecule has 0 amide bonds. The second kappa shape index (κ2) is 3.92. The Morgan fingerprint density at radius 3 is 3.20 bits per heavy atom. The Labute approximate surface area is 113 Å². The van der Waals surface area contributed by atoms with Crippen LogP contribution in [0.1, 0.15) is 5.82 Å². The van der Waals surface area contributed by atoms with Crippen LogP contribution >= 0.6 is 0 Å². The van der Waals surface area contributed by atoms with Crippen molar-refractivity contribution in [3.05, 3.63) is 34.8 Å². The number of rotatable bonds is 2. The first-order valence-corrected chi connectivity index (χ1v) is 6.39. The molecule has 0 saturated carbocycles. The van der Waals surface area contributed by atoms with Crippen molar-refractivity contribution in [2.45, 2.75) is 13.1 Å². The smallest absolute Gasteiger partial charge is 0.262 e. The average molecular weight is 271 g/mol. The highest BCUT2D eigenvalue weighted by Crippen LogP contribution is 2.19. The summed E-state index contributed by atoms with van der Waals surface area (Å²) in [6.45, 7) is 2.32. The largest absolute Gasteiger partial charge is 0.333 e. The Kier molecular flexibility index (Phi) is 2.20. The van der Waals surface area contributed by atoms with Gasteiger partial charge in [-0.25, -0.2) is 9.97 Å². The molecule has 0 fully saturated rings. The van der Waals surface area contributed by atoms with E-state index in [2.05, 4.69) is 29.5 Å². The highest BCUT2D eigenvalue weighted by Gasteiger charge is 2.21. The molecule has 4 rings (SSSR count). The first-order chi connectivity index (χ1) is 9.72. The fraction of sp³-hybridized carbons (Fsp3) is 0.333. The Hall–Kier alpha value is -2.64. The van der Waals surface area contributed by atoms with E-state index < -0.39 is 0 Å². The van der Waals surface area contributed by atoms with Crippen LogP contribution in [-0.2, 0) is 20.1 Å². The number of aromatic nitrogens is 6. The molecule has 8 heteroatoms. The lowest BCUT2D eigenvalue weighted by molar-refractivity contribution is 0.741. The molecule has 0 unspecified atom stereocenters. The monoisotopic (exact) mass is 271 g/mol. The predicted octanol–water partition coefficient (Wildman–Crippen LogP) is -0.127. The van der Waals surface area contributed by atoms with Gasteiger partial charge < -0.3 is 14.5 Å². The van der Waals surface area contributed by atoms with Crippen LogP contribution in [0.3, 0.4) is 0 Å². The quantitative estimate of drug-likeness (QED) is 0.702. The minimum atomic E-state index is -0.152. The Morgan fingerprint density at radius 1 is 1.40 bits per heavy atom. The summed E-state index contributed by atoms with van der Waals surface area (Å²) in [5, 5.41) is 4.57. The molecular weight excluding hydrogens is 258 g/mol. The number of fused-ring (bicyclic) bond motifs is 2. The number of hydrogen-bond acceptors (Lipinski definition) is 5. The van der Waals surface area contributed by atoms with E-state index in [0.29, 0.717) is 23.4 Å². The summed E-state index contributed by atoms with van der Waals surface area (Å²) in [5.74, 6) is 1.54. The van der Waals surface area contributed by atoms with Crippen molar-refractivity contribution >= 4 is 17.0 Å². The maximum atomic E-state index is 12.0. The van der Waals surface area contributed by atoms with E-state index in [0.717, 1.165) is 19.0 Å². The SMILES string of the molecule is Cn1ncc2c(=O)[nH]c(CN3CCn4ccnc43)nc21. The van der Waals surface area contributed by atoms with Gasteiger partial charge in [-0.3, -0.25) is 9.48 Å². The number of aromatic amines is 1. The third-order valence-corrected chi connectivity index (χ3v) is 3.58.